The van der Waals surface area contributed by atoms with E-state index in [1.165, 1.54) is 0 Å². The lowest BCUT2D eigenvalue weighted by Gasteiger charge is -2.36. The molecule has 1 unspecified atom stereocenters. The summed E-state index contributed by atoms with van der Waals surface area (Å²) >= 11 is 3.53. The Hall–Kier alpha value is -1.64. The lowest BCUT2D eigenvalue weighted by atomic mass is 9.93. The normalized spacial score (nSPS) is 20.5. The number of ether oxygens (including phenoxy) is 1. The first-order valence-electron chi connectivity index (χ1n) is 7.38. The minimum atomic E-state index is -0.133. The second-order valence-electron chi connectivity index (χ2n) is 6.24. The van der Waals surface area contributed by atoms with Crippen molar-refractivity contribution in [2.24, 2.45) is 0 Å². The standard InChI is InChI=1S/C17H18BrN3O/c1-17(2)8-12(6-7-22-17)21-15-11(9-19)10-20-16-13(15)4-3-5-14(16)18/h3-5,10,12H,6-8H2,1-2H3,(H,20,21). The lowest BCUT2D eigenvalue weighted by Crippen LogP contribution is -2.40. The molecule has 3 rings (SSSR count). The van der Waals surface area contributed by atoms with Crippen molar-refractivity contribution in [3.05, 3.63) is 34.4 Å². The number of benzene rings is 1. The van der Waals surface area contributed by atoms with E-state index in [1.807, 2.05) is 18.2 Å². The van der Waals surface area contributed by atoms with Crippen LogP contribution in [-0.4, -0.2) is 23.2 Å². The quantitative estimate of drug-likeness (QED) is 0.870. The number of nitrogens with one attached hydrogen (secondary N) is 1. The van der Waals surface area contributed by atoms with Crippen molar-refractivity contribution in [1.29, 1.82) is 5.26 Å². The first kappa shape index (κ1) is 15.3. The van der Waals surface area contributed by atoms with Crippen molar-refractivity contribution in [3.63, 3.8) is 0 Å². The van der Waals surface area contributed by atoms with Gasteiger partial charge in [-0.1, -0.05) is 12.1 Å². The third-order valence-electron chi connectivity index (χ3n) is 4.01. The van der Waals surface area contributed by atoms with E-state index in [0.717, 1.165) is 40.5 Å². The van der Waals surface area contributed by atoms with E-state index in [-0.39, 0.29) is 5.60 Å². The third-order valence-corrected chi connectivity index (χ3v) is 4.65. The number of para-hydroxylation sites is 1. The highest BCUT2D eigenvalue weighted by Gasteiger charge is 2.29. The van der Waals surface area contributed by atoms with Gasteiger partial charge >= 0.3 is 0 Å². The van der Waals surface area contributed by atoms with E-state index in [2.05, 4.69) is 46.1 Å². The second kappa shape index (κ2) is 5.86. The van der Waals surface area contributed by atoms with Gasteiger partial charge in [-0.3, -0.25) is 4.98 Å². The summed E-state index contributed by atoms with van der Waals surface area (Å²) in [6, 6.07) is 8.47. The molecular weight excluding hydrogens is 342 g/mol. The minimum Gasteiger partial charge on any atom is -0.380 e. The van der Waals surface area contributed by atoms with Crippen molar-refractivity contribution in [2.45, 2.75) is 38.3 Å². The summed E-state index contributed by atoms with van der Waals surface area (Å²) < 4.78 is 6.71. The van der Waals surface area contributed by atoms with Gasteiger partial charge in [0.15, 0.2) is 0 Å². The highest BCUT2D eigenvalue weighted by atomic mass is 79.9. The maximum Gasteiger partial charge on any atom is 0.103 e. The van der Waals surface area contributed by atoms with Crippen LogP contribution in [0.2, 0.25) is 0 Å². The number of hydrogen-bond donors (Lipinski definition) is 1. The Kier molecular flexibility index (Phi) is 4.07. The van der Waals surface area contributed by atoms with Crippen LogP contribution in [0, 0.1) is 11.3 Å². The zero-order valence-corrected chi connectivity index (χ0v) is 14.3. The van der Waals surface area contributed by atoms with Gasteiger partial charge in [0, 0.05) is 28.7 Å². The topological polar surface area (TPSA) is 57.9 Å². The molecule has 1 aromatic carbocycles. The molecule has 1 aromatic heterocycles. The van der Waals surface area contributed by atoms with Crippen LogP contribution in [0.4, 0.5) is 5.69 Å². The Morgan fingerprint density at radius 2 is 2.27 bits per heavy atom. The molecule has 2 heterocycles. The van der Waals surface area contributed by atoms with Gasteiger partial charge in [-0.2, -0.15) is 5.26 Å². The van der Waals surface area contributed by atoms with Gasteiger partial charge in [-0.05, 0) is 48.7 Å². The summed E-state index contributed by atoms with van der Waals surface area (Å²) in [5, 5.41) is 13.9. The van der Waals surface area contributed by atoms with Crippen LogP contribution in [0.15, 0.2) is 28.9 Å². The first-order chi connectivity index (χ1) is 10.5. The number of pyridine rings is 1. The molecule has 0 aliphatic carbocycles. The monoisotopic (exact) mass is 359 g/mol. The summed E-state index contributed by atoms with van der Waals surface area (Å²) in [4.78, 5) is 4.40. The first-order valence-corrected chi connectivity index (χ1v) is 8.17. The van der Waals surface area contributed by atoms with Crippen LogP contribution in [0.1, 0.15) is 32.3 Å². The minimum absolute atomic E-state index is 0.133. The average molecular weight is 360 g/mol. The number of fused-ring (bicyclic) bond motifs is 1. The molecule has 114 valence electrons. The number of nitrogens with zero attached hydrogens (tertiary/aromatic N) is 2. The molecule has 0 saturated carbocycles. The summed E-state index contributed by atoms with van der Waals surface area (Å²) in [6.07, 6.45) is 3.49. The molecule has 0 amide bonds. The molecule has 2 aromatic rings. The predicted molar refractivity (Wildman–Crippen MR) is 90.8 cm³/mol. The van der Waals surface area contributed by atoms with Crippen molar-refractivity contribution in [3.8, 4) is 6.07 Å². The van der Waals surface area contributed by atoms with E-state index < -0.39 is 0 Å². The fraction of sp³-hybridized carbons (Fsp3) is 0.412. The predicted octanol–water partition coefficient (Wildman–Crippen LogP) is 4.24. The highest BCUT2D eigenvalue weighted by molar-refractivity contribution is 9.10. The van der Waals surface area contributed by atoms with E-state index >= 15 is 0 Å². The Bertz CT molecular complexity index is 751. The van der Waals surface area contributed by atoms with Gasteiger partial charge in [0.05, 0.1) is 22.4 Å². The van der Waals surface area contributed by atoms with Crippen molar-refractivity contribution in [1.82, 2.24) is 4.98 Å². The number of hydrogen-bond acceptors (Lipinski definition) is 4. The fourth-order valence-electron chi connectivity index (χ4n) is 2.99. The summed E-state index contributed by atoms with van der Waals surface area (Å²) in [5.74, 6) is 0. The molecular formula is C17H18BrN3O. The van der Waals surface area contributed by atoms with Gasteiger partial charge in [0.25, 0.3) is 0 Å². The molecule has 0 bridgehead atoms. The van der Waals surface area contributed by atoms with Crippen LogP contribution < -0.4 is 5.32 Å². The molecule has 1 aliphatic heterocycles. The van der Waals surface area contributed by atoms with Gasteiger partial charge in [-0.25, -0.2) is 0 Å². The van der Waals surface area contributed by atoms with Crippen molar-refractivity contribution in [2.75, 3.05) is 11.9 Å². The van der Waals surface area contributed by atoms with Crippen LogP contribution in [0.3, 0.4) is 0 Å². The molecule has 1 N–H and O–H groups in total. The van der Waals surface area contributed by atoms with Crippen LogP contribution in [0.25, 0.3) is 10.9 Å². The Morgan fingerprint density at radius 3 is 3.00 bits per heavy atom. The molecule has 1 fully saturated rings. The van der Waals surface area contributed by atoms with Crippen LogP contribution >= 0.6 is 15.9 Å². The molecule has 22 heavy (non-hydrogen) atoms. The second-order valence-corrected chi connectivity index (χ2v) is 7.09. The zero-order chi connectivity index (χ0) is 15.7. The van der Waals surface area contributed by atoms with Gasteiger partial charge < -0.3 is 10.1 Å². The van der Waals surface area contributed by atoms with E-state index in [4.69, 9.17) is 4.74 Å². The van der Waals surface area contributed by atoms with Gasteiger partial charge in [0.1, 0.15) is 6.07 Å². The number of aromatic nitrogens is 1. The maximum atomic E-state index is 9.41. The fourth-order valence-corrected chi connectivity index (χ4v) is 3.46. The van der Waals surface area contributed by atoms with Crippen molar-refractivity contribution >= 4 is 32.5 Å². The summed E-state index contributed by atoms with van der Waals surface area (Å²) in [7, 11) is 0. The molecule has 1 aliphatic rings. The van der Waals surface area contributed by atoms with Gasteiger partial charge in [0.2, 0.25) is 0 Å². The van der Waals surface area contributed by atoms with Crippen molar-refractivity contribution < 1.29 is 4.74 Å². The zero-order valence-electron chi connectivity index (χ0n) is 12.7. The smallest absolute Gasteiger partial charge is 0.103 e. The van der Waals surface area contributed by atoms with E-state index in [1.54, 1.807) is 6.20 Å². The number of rotatable bonds is 2. The molecule has 4 nitrogen and oxygen atoms in total. The Balaban J connectivity index is 2.02. The SMILES string of the molecule is CC1(C)CC(Nc2c(C#N)cnc3c(Br)cccc23)CCO1. The Labute approximate surface area is 138 Å². The lowest BCUT2D eigenvalue weighted by molar-refractivity contribution is -0.0553. The maximum absolute atomic E-state index is 9.41. The third kappa shape index (κ3) is 2.94. The molecule has 0 radical (unpaired) electrons. The summed E-state index contributed by atoms with van der Waals surface area (Å²) in [5.41, 5.74) is 2.19. The Morgan fingerprint density at radius 1 is 1.45 bits per heavy atom. The molecule has 5 heteroatoms. The number of nitriles is 1. The van der Waals surface area contributed by atoms with E-state index in [9.17, 15) is 5.26 Å². The molecule has 0 spiro atoms. The number of halogens is 1. The highest BCUT2D eigenvalue weighted by Crippen LogP contribution is 2.33. The number of anilines is 1. The average Bonchev–Trinajstić information content (AvgIpc) is 2.47. The molecule has 1 saturated heterocycles. The van der Waals surface area contributed by atoms with Gasteiger partial charge in [-0.15, -0.1) is 0 Å². The van der Waals surface area contributed by atoms with Crippen LogP contribution in [0.5, 0.6) is 0 Å². The molecule has 1 atom stereocenters. The van der Waals surface area contributed by atoms with Crippen LogP contribution in [-0.2, 0) is 4.74 Å². The van der Waals surface area contributed by atoms with E-state index in [0.29, 0.717) is 11.6 Å². The largest absolute Gasteiger partial charge is 0.380 e. The summed E-state index contributed by atoms with van der Waals surface area (Å²) in [6.45, 7) is 4.94.